The Morgan fingerprint density at radius 1 is 1.17 bits per heavy atom. The molecule has 1 saturated heterocycles. The molecule has 36 heavy (non-hydrogen) atoms. The number of β-amino-alcohol motifs (C(OH)–C–C–N with tert-alkyl or cyclic N) is 1. The summed E-state index contributed by atoms with van der Waals surface area (Å²) < 4.78 is 23.7. The summed E-state index contributed by atoms with van der Waals surface area (Å²) in [6.45, 7) is 5.61. The van der Waals surface area contributed by atoms with Crippen LogP contribution in [-0.4, -0.2) is 72.0 Å². The van der Waals surface area contributed by atoms with Crippen LogP contribution in [-0.2, 0) is 25.8 Å². The number of benzene rings is 1. The molecule has 0 bridgehead atoms. The van der Waals surface area contributed by atoms with E-state index in [9.17, 15) is 23.1 Å². The number of amides is 2. The summed E-state index contributed by atoms with van der Waals surface area (Å²) in [6.07, 6.45) is 4.55. The molecule has 0 aromatic heterocycles. The number of primary amides is 1. The zero-order valence-corrected chi connectivity index (χ0v) is 22.7. The van der Waals surface area contributed by atoms with E-state index in [1.54, 1.807) is 20.8 Å². The van der Waals surface area contributed by atoms with Crippen molar-refractivity contribution in [3.05, 3.63) is 35.9 Å². The highest BCUT2D eigenvalue weighted by molar-refractivity contribution is 7.92. The molecular weight excluding hydrogens is 478 g/mol. The summed E-state index contributed by atoms with van der Waals surface area (Å²) in [5.74, 6) is 0.140. The number of sulfone groups is 1. The SMILES string of the molecule is CCS(=O)(=O)C(C)(C)CC(=O)N[C@@H](Cc1ccccc1)[C@H](O)CN1C[C@H]2CCCC[C@H]2C[C@H]1C(N)=O. The Hall–Kier alpha value is -1.97. The number of carbonyl (C=O) groups is 2. The number of nitrogens with zero attached hydrogens (tertiary/aromatic N) is 1. The number of hydrogen-bond acceptors (Lipinski definition) is 6. The van der Waals surface area contributed by atoms with E-state index in [1.807, 2.05) is 35.2 Å². The lowest BCUT2D eigenvalue weighted by molar-refractivity contribution is -0.129. The van der Waals surface area contributed by atoms with Gasteiger partial charge in [0.2, 0.25) is 11.8 Å². The number of piperidine rings is 1. The number of nitrogens with one attached hydrogen (secondary N) is 1. The predicted molar refractivity (Wildman–Crippen MR) is 141 cm³/mol. The maximum Gasteiger partial charge on any atom is 0.234 e. The van der Waals surface area contributed by atoms with Crippen LogP contribution >= 0.6 is 0 Å². The zero-order chi connectivity index (χ0) is 26.5. The first-order valence-corrected chi connectivity index (χ1v) is 14.9. The highest BCUT2D eigenvalue weighted by Gasteiger charge is 2.41. The lowest BCUT2D eigenvalue weighted by Gasteiger charge is -2.46. The normalized spacial score (nSPS) is 24.9. The van der Waals surface area contributed by atoms with Crippen molar-refractivity contribution in [3.8, 4) is 0 Å². The van der Waals surface area contributed by atoms with Crippen LogP contribution < -0.4 is 11.1 Å². The van der Waals surface area contributed by atoms with Crippen LogP contribution in [0.3, 0.4) is 0 Å². The molecule has 2 amide bonds. The standard InChI is InChI=1S/C27H43N3O5S/c1-4-36(34,35)27(2,3)16-25(32)29-22(14-19-10-6-5-7-11-19)24(31)18-30-17-21-13-9-8-12-20(21)15-23(30)26(28)33/h5-7,10-11,20-24,31H,4,8-9,12-18H2,1-3H3,(H2,28,33)(H,29,32)/t20-,21+,22-,23-,24+/m0/s1. The van der Waals surface area contributed by atoms with Crippen LogP contribution in [0.5, 0.6) is 0 Å². The second-order valence-electron chi connectivity index (χ2n) is 11.2. The number of nitrogens with two attached hydrogens (primary N) is 1. The fourth-order valence-corrected chi connectivity index (χ4v) is 6.99. The molecule has 0 unspecified atom stereocenters. The number of likely N-dealkylation sites (tertiary alicyclic amines) is 1. The first-order valence-electron chi connectivity index (χ1n) is 13.2. The number of hydrogen-bond donors (Lipinski definition) is 3. The molecule has 3 rings (SSSR count). The van der Waals surface area contributed by atoms with Crippen LogP contribution in [0.15, 0.2) is 30.3 Å². The van der Waals surface area contributed by atoms with Gasteiger partial charge in [0, 0.05) is 25.3 Å². The summed E-state index contributed by atoms with van der Waals surface area (Å²) in [4.78, 5) is 27.3. The van der Waals surface area contributed by atoms with Crippen molar-refractivity contribution in [2.45, 2.75) is 88.7 Å². The van der Waals surface area contributed by atoms with Gasteiger partial charge in [-0.05, 0) is 50.5 Å². The minimum Gasteiger partial charge on any atom is -0.390 e. The van der Waals surface area contributed by atoms with Crippen molar-refractivity contribution in [1.82, 2.24) is 10.2 Å². The lowest BCUT2D eigenvalue weighted by Crippen LogP contribution is -2.58. The molecular formula is C27H43N3O5S. The molecule has 5 atom stereocenters. The summed E-state index contributed by atoms with van der Waals surface area (Å²) in [7, 11) is -3.44. The molecule has 1 heterocycles. The molecule has 0 spiro atoms. The second kappa shape index (κ2) is 12.0. The van der Waals surface area contributed by atoms with Crippen molar-refractivity contribution in [3.63, 3.8) is 0 Å². The van der Waals surface area contributed by atoms with Gasteiger partial charge in [0.05, 0.1) is 22.9 Å². The Bertz CT molecular complexity index is 998. The Balaban J connectivity index is 1.76. The molecule has 1 aromatic carbocycles. The monoisotopic (exact) mass is 521 g/mol. The van der Waals surface area contributed by atoms with Gasteiger partial charge in [-0.2, -0.15) is 0 Å². The van der Waals surface area contributed by atoms with Gasteiger partial charge in [-0.15, -0.1) is 0 Å². The quantitative estimate of drug-likeness (QED) is 0.409. The predicted octanol–water partition coefficient (Wildman–Crippen LogP) is 2.04. The Labute approximate surface area is 215 Å². The molecule has 8 nitrogen and oxygen atoms in total. The Kier molecular flexibility index (Phi) is 9.57. The average Bonchev–Trinajstić information content (AvgIpc) is 2.83. The molecule has 1 aromatic rings. The maximum absolute atomic E-state index is 13.0. The van der Waals surface area contributed by atoms with E-state index in [0.717, 1.165) is 18.4 Å². The third-order valence-electron chi connectivity index (χ3n) is 8.17. The van der Waals surface area contributed by atoms with Crippen molar-refractivity contribution in [1.29, 1.82) is 0 Å². The summed E-state index contributed by atoms with van der Waals surface area (Å²) >= 11 is 0. The summed E-state index contributed by atoms with van der Waals surface area (Å²) in [6, 6.07) is 8.48. The fraction of sp³-hybridized carbons (Fsp3) is 0.704. The van der Waals surface area contributed by atoms with Gasteiger partial charge in [0.15, 0.2) is 9.84 Å². The minimum absolute atomic E-state index is 0.0467. The number of fused-ring (bicyclic) bond motifs is 1. The first kappa shape index (κ1) is 28.6. The number of rotatable bonds is 11. The van der Waals surface area contributed by atoms with Gasteiger partial charge < -0.3 is 16.2 Å². The largest absolute Gasteiger partial charge is 0.390 e. The zero-order valence-electron chi connectivity index (χ0n) is 21.9. The third kappa shape index (κ3) is 7.07. The fourth-order valence-electron chi connectivity index (χ4n) is 5.86. The van der Waals surface area contributed by atoms with E-state index in [0.29, 0.717) is 31.2 Å². The molecule has 1 saturated carbocycles. The smallest absolute Gasteiger partial charge is 0.234 e. The van der Waals surface area contributed by atoms with Crippen LogP contribution in [0.25, 0.3) is 0 Å². The van der Waals surface area contributed by atoms with E-state index >= 15 is 0 Å². The highest BCUT2D eigenvalue weighted by Crippen LogP contribution is 2.38. The van der Waals surface area contributed by atoms with Gasteiger partial charge in [-0.25, -0.2) is 8.42 Å². The Morgan fingerprint density at radius 3 is 2.42 bits per heavy atom. The van der Waals surface area contributed by atoms with Crippen molar-refractivity contribution < 1.29 is 23.1 Å². The topological polar surface area (TPSA) is 130 Å². The van der Waals surface area contributed by atoms with Gasteiger partial charge in [0.25, 0.3) is 0 Å². The van der Waals surface area contributed by atoms with Crippen LogP contribution in [0, 0.1) is 11.8 Å². The highest BCUT2D eigenvalue weighted by atomic mass is 32.2. The average molecular weight is 522 g/mol. The molecule has 202 valence electrons. The van der Waals surface area contributed by atoms with Gasteiger partial charge in [0.1, 0.15) is 0 Å². The van der Waals surface area contributed by atoms with E-state index in [2.05, 4.69) is 5.32 Å². The number of carbonyl (C=O) groups excluding carboxylic acids is 2. The first-order chi connectivity index (χ1) is 16.9. The minimum atomic E-state index is -3.44. The van der Waals surface area contributed by atoms with Crippen LogP contribution in [0.1, 0.15) is 64.9 Å². The molecule has 4 N–H and O–H groups in total. The number of aliphatic hydroxyl groups is 1. The summed E-state index contributed by atoms with van der Waals surface area (Å²) in [5, 5.41) is 14.3. The molecule has 2 aliphatic rings. The van der Waals surface area contributed by atoms with E-state index in [-0.39, 0.29) is 24.6 Å². The molecule has 9 heteroatoms. The van der Waals surface area contributed by atoms with Gasteiger partial charge in [-0.1, -0.05) is 56.5 Å². The van der Waals surface area contributed by atoms with Crippen LogP contribution in [0.4, 0.5) is 0 Å². The van der Waals surface area contributed by atoms with Gasteiger partial charge >= 0.3 is 0 Å². The second-order valence-corrected chi connectivity index (χ2v) is 14.1. The van der Waals surface area contributed by atoms with E-state index in [1.165, 1.54) is 12.8 Å². The van der Waals surface area contributed by atoms with Gasteiger partial charge in [-0.3, -0.25) is 14.5 Å². The molecule has 0 radical (unpaired) electrons. The van der Waals surface area contributed by atoms with Crippen molar-refractivity contribution in [2.75, 3.05) is 18.8 Å². The molecule has 2 fully saturated rings. The maximum atomic E-state index is 13.0. The lowest BCUT2D eigenvalue weighted by atomic mass is 9.72. The summed E-state index contributed by atoms with van der Waals surface area (Å²) in [5.41, 5.74) is 6.71. The molecule has 1 aliphatic carbocycles. The van der Waals surface area contributed by atoms with E-state index < -0.39 is 38.7 Å². The van der Waals surface area contributed by atoms with Crippen molar-refractivity contribution >= 4 is 21.7 Å². The van der Waals surface area contributed by atoms with E-state index in [4.69, 9.17) is 5.73 Å². The Morgan fingerprint density at radius 2 is 1.81 bits per heavy atom. The van der Waals surface area contributed by atoms with Crippen LogP contribution in [0.2, 0.25) is 0 Å². The third-order valence-corrected chi connectivity index (χ3v) is 10.8. The van der Waals surface area contributed by atoms with Crippen molar-refractivity contribution in [2.24, 2.45) is 17.6 Å². The molecule has 1 aliphatic heterocycles. The number of aliphatic hydroxyl groups excluding tert-OH is 1.